The molecule has 0 bridgehead atoms. The maximum absolute atomic E-state index is 12.3. The van der Waals surface area contributed by atoms with Crippen molar-refractivity contribution in [3.63, 3.8) is 0 Å². The van der Waals surface area contributed by atoms with E-state index in [0.717, 1.165) is 30.2 Å². The number of carbonyl (C=O) groups is 1. The maximum Gasteiger partial charge on any atom is 0.227 e. The fourth-order valence-corrected chi connectivity index (χ4v) is 4.72. The van der Waals surface area contributed by atoms with Crippen LogP contribution in [0.2, 0.25) is 5.02 Å². The molecule has 0 unspecified atom stereocenters. The summed E-state index contributed by atoms with van der Waals surface area (Å²) in [4.78, 5) is 16.7. The summed E-state index contributed by atoms with van der Waals surface area (Å²) >= 11 is 5.90. The van der Waals surface area contributed by atoms with Crippen molar-refractivity contribution in [1.29, 1.82) is 0 Å². The highest BCUT2D eigenvalue weighted by atomic mass is 35.5. The molecule has 6 heteroatoms. The van der Waals surface area contributed by atoms with Crippen LogP contribution in [0.4, 0.5) is 0 Å². The number of nitrogens with zero attached hydrogens (tertiary/aromatic N) is 2. The highest BCUT2D eigenvalue weighted by molar-refractivity contribution is 6.30. The fraction of sp³-hybridized carbons (Fsp3) is 0.571. The van der Waals surface area contributed by atoms with Gasteiger partial charge in [0, 0.05) is 29.5 Å². The second kappa shape index (κ2) is 8.42. The zero-order valence-electron chi connectivity index (χ0n) is 15.5. The van der Waals surface area contributed by atoms with Gasteiger partial charge in [-0.2, -0.15) is 4.98 Å². The molecular formula is C21H26ClN3O2. The molecule has 2 saturated carbocycles. The predicted octanol–water partition coefficient (Wildman–Crippen LogP) is 4.80. The zero-order valence-corrected chi connectivity index (χ0v) is 16.3. The number of halogens is 1. The minimum Gasteiger partial charge on any atom is -0.353 e. The molecule has 1 N–H and O–H groups in total. The van der Waals surface area contributed by atoms with Gasteiger partial charge in [0.25, 0.3) is 0 Å². The van der Waals surface area contributed by atoms with E-state index in [-0.39, 0.29) is 5.91 Å². The van der Waals surface area contributed by atoms with Crippen molar-refractivity contribution in [2.75, 3.05) is 0 Å². The van der Waals surface area contributed by atoms with E-state index in [1.165, 1.54) is 32.1 Å². The lowest BCUT2D eigenvalue weighted by molar-refractivity contribution is -0.122. The van der Waals surface area contributed by atoms with Crippen molar-refractivity contribution >= 4 is 17.5 Å². The lowest BCUT2D eigenvalue weighted by Crippen LogP contribution is -2.41. The van der Waals surface area contributed by atoms with E-state index in [0.29, 0.717) is 35.6 Å². The van der Waals surface area contributed by atoms with E-state index in [2.05, 4.69) is 15.5 Å². The van der Waals surface area contributed by atoms with Crippen molar-refractivity contribution in [3.05, 3.63) is 35.2 Å². The first-order valence-corrected chi connectivity index (χ1v) is 10.4. The average molecular weight is 388 g/mol. The largest absolute Gasteiger partial charge is 0.353 e. The SMILES string of the molecule is O=C(CCc1nc(-c2ccc(Cl)cc2)no1)N[C@@H]1CC[C@H]2CCCC[C@H]2C1. The Labute approximate surface area is 164 Å². The van der Waals surface area contributed by atoms with Gasteiger partial charge in [-0.25, -0.2) is 0 Å². The highest BCUT2D eigenvalue weighted by Gasteiger charge is 2.32. The zero-order chi connectivity index (χ0) is 18.6. The first kappa shape index (κ1) is 18.5. The third kappa shape index (κ3) is 4.70. The molecule has 144 valence electrons. The third-order valence-electron chi connectivity index (χ3n) is 6.04. The number of hydrogen-bond acceptors (Lipinski definition) is 4. The highest BCUT2D eigenvalue weighted by Crippen LogP contribution is 2.40. The van der Waals surface area contributed by atoms with Crippen molar-refractivity contribution in [3.8, 4) is 11.4 Å². The number of benzene rings is 1. The molecular weight excluding hydrogens is 362 g/mol. The minimum absolute atomic E-state index is 0.0838. The monoisotopic (exact) mass is 387 g/mol. The van der Waals surface area contributed by atoms with Crippen LogP contribution < -0.4 is 5.32 Å². The molecule has 2 fully saturated rings. The normalized spacial score (nSPS) is 25.0. The van der Waals surface area contributed by atoms with E-state index in [9.17, 15) is 4.79 Å². The summed E-state index contributed by atoms with van der Waals surface area (Å²) in [6, 6.07) is 7.63. The van der Waals surface area contributed by atoms with Gasteiger partial charge >= 0.3 is 0 Å². The molecule has 1 aromatic carbocycles. The van der Waals surface area contributed by atoms with Gasteiger partial charge in [0.15, 0.2) is 0 Å². The molecule has 0 saturated heterocycles. The number of aryl methyl sites for hydroxylation is 1. The number of rotatable bonds is 5. The van der Waals surface area contributed by atoms with Crippen LogP contribution >= 0.6 is 11.6 Å². The molecule has 0 radical (unpaired) electrons. The van der Waals surface area contributed by atoms with Crippen LogP contribution in [-0.2, 0) is 11.2 Å². The second-order valence-corrected chi connectivity index (χ2v) is 8.34. The van der Waals surface area contributed by atoms with Crippen molar-refractivity contribution in [1.82, 2.24) is 15.5 Å². The van der Waals surface area contributed by atoms with Crippen LogP contribution in [0, 0.1) is 11.8 Å². The quantitative estimate of drug-likeness (QED) is 0.800. The molecule has 1 aromatic heterocycles. The minimum atomic E-state index is 0.0838. The summed E-state index contributed by atoms with van der Waals surface area (Å²) in [5, 5.41) is 7.89. The molecule has 0 spiro atoms. The van der Waals surface area contributed by atoms with Gasteiger partial charge in [-0.05, 0) is 55.4 Å². The molecule has 0 aliphatic heterocycles. The Balaban J connectivity index is 1.25. The van der Waals surface area contributed by atoms with Gasteiger partial charge in [0.2, 0.25) is 17.6 Å². The van der Waals surface area contributed by atoms with Crippen LogP contribution in [0.25, 0.3) is 11.4 Å². The van der Waals surface area contributed by atoms with E-state index in [1.54, 1.807) is 12.1 Å². The molecule has 3 atom stereocenters. The molecule has 4 rings (SSSR count). The summed E-state index contributed by atoms with van der Waals surface area (Å²) in [7, 11) is 0. The van der Waals surface area contributed by atoms with Crippen molar-refractivity contribution in [2.45, 2.75) is 63.8 Å². The topological polar surface area (TPSA) is 68.0 Å². The fourth-order valence-electron chi connectivity index (χ4n) is 4.60. The van der Waals surface area contributed by atoms with Gasteiger partial charge in [-0.3, -0.25) is 4.79 Å². The molecule has 2 aromatic rings. The van der Waals surface area contributed by atoms with Crippen LogP contribution in [0.1, 0.15) is 57.3 Å². The number of amides is 1. The van der Waals surface area contributed by atoms with E-state index in [4.69, 9.17) is 16.1 Å². The Morgan fingerprint density at radius 2 is 1.89 bits per heavy atom. The number of carbonyl (C=O) groups excluding carboxylic acids is 1. The van der Waals surface area contributed by atoms with Crippen molar-refractivity contribution < 1.29 is 9.32 Å². The molecule has 2 aliphatic carbocycles. The van der Waals surface area contributed by atoms with Crippen LogP contribution in [0.3, 0.4) is 0 Å². The summed E-state index contributed by atoms with van der Waals surface area (Å²) in [5.41, 5.74) is 0.850. The van der Waals surface area contributed by atoms with Gasteiger partial charge in [-0.1, -0.05) is 42.4 Å². The van der Waals surface area contributed by atoms with E-state index < -0.39 is 0 Å². The van der Waals surface area contributed by atoms with Crippen LogP contribution in [-0.4, -0.2) is 22.1 Å². The Bertz CT molecular complexity index is 774. The third-order valence-corrected chi connectivity index (χ3v) is 6.29. The predicted molar refractivity (Wildman–Crippen MR) is 104 cm³/mol. The number of nitrogens with one attached hydrogen (secondary N) is 1. The van der Waals surface area contributed by atoms with Gasteiger partial charge in [0.1, 0.15) is 0 Å². The molecule has 27 heavy (non-hydrogen) atoms. The van der Waals surface area contributed by atoms with E-state index in [1.807, 2.05) is 12.1 Å². The van der Waals surface area contributed by atoms with Gasteiger partial charge < -0.3 is 9.84 Å². The first-order chi connectivity index (χ1) is 13.2. The smallest absolute Gasteiger partial charge is 0.227 e. The number of aromatic nitrogens is 2. The first-order valence-electron chi connectivity index (χ1n) is 10.1. The second-order valence-electron chi connectivity index (χ2n) is 7.90. The van der Waals surface area contributed by atoms with Gasteiger partial charge in [0.05, 0.1) is 0 Å². The van der Waals surface area contributed by atoms with Crippen molar-refractivity contribution in [2.24, 2.45) is 11.8 Å². The number of fused-ring (bicyclic) bond motifs is 1. The molecule has 1 amide bonds. The summed E-state index contributed by atoms with van der Waals surface area (Å²) in [6.07, 6.45) is 9.86. The molecule has 5 nitrogen and oxygen atoms in total. The summed E-state index contributed by atoms with van der Waals surface area (Å²) < 4.78 is 5.29. The standard InChI is InChI=1S/C21H26ClN3O2/c22-17-8-5-15(6-9-17)21-24-20(27-25-21)12-11-19(26)23-18-10-7-14-3-1-2-4-16(14)13-18/h5-6,8-9,14,16,18H,1-4,7,10-13H2,(H,23,26)/t14-,16+,18-/m1/s1. The van der Waals surface area contributed by atoms with Crippen LogP contribution in [0.15, 0.2) is 28.8 Å². The maximum atomic E-state index is 12.3. The summed E-state index contributed by atoms with van der Waals surface area (Å²) in [5.74, 6) is 2.82. The van der Waals surface area contributed by atoms with E-state index >= 15 is 0 Å². The Hall–Kier alpha value is -1.88. The Kier molecular flexibility index (Phi) is 5.77. The Morgan fingerprint density at radius 3 is 2.70 bits per heavy atom. The number of hydrogen-bond donors (Lipinski definition) is 1. The average Bonchev–Trinajstić information content (AvgIpc) is 3.16. The van der Waals surface area contributed by atoms with Crippen LogP contribution in [0.5, 0.6) is 0 Å². The molecule has 1 heterocycles. The lowest BCUT2D eigenvalue weighted by atomic mass is 9.69. The summed E-state index contributed by atoms with van der Waals surface area (Å²) in [6.45, 7) is 0. The lowest BCUT2D eigenvalue weighted by Gasteiger charge is -2.39. The Morgan fingerprint density at radius 1 is 1.11 bits per heavy atom. The molecule has 2 aliphatic rings. The van der Waals surface area contributed by atoms with Gasteiger partial charge in [-0.15, -0.1) is 0 Å².